The molecule has 7 aromatic rings. The molecule has 0 spiro atoms. The largest absolute Gasteiger partial charge is 0.457 e. The van der Waals surface area contributed by atoms with E-state index in [0.29, 0.717) is 5.92 Å². The van der Waals surface area contributed by atoms with Crippen LogP contribution >= 0.6 is 8.86 Å². The summed E-state index contributed by atoms with van der Waals surface area (Å²) in [4.78, 5) is 4.37. The zero-order valence-corrected chi connectivity index (χ0v) is 37.7. The van der Waals surface area contributed by atoms with Crippen molar-refractivity contribution in [2.24, 2.45) is 0 Å². The Morgan fingerprint density at radius 2 is 1.40 bits per heavy atom. The average molecular weight is 822 g/mol. The summed E-state index contributed by atoms with van der Waals surface area (Å²) in [6.07, 6.45) is 15.4. The summed E-state index contributed by atoms with van der Waals surface area (Å²) in [5, 5.41) is 2.01. The number of hydrogen-bond donors (Lipinski definition) is 0. The smallest absolute Gasteiger partial charge is 0.134 e. The molecule has 2 nitrogen and oxygen atoms in total. The maximum absolute atomic E-state index is 6.30. The van der Waals surface area contributed by atoms with Crippen LogP contribution < -0.4 is 0 Å². The molecule has 1 atom stereocenters. The molecule has 0 bridgehead atoms. The predicted molar refractivity (Wildman–Crippen MR) is 269 cm³/mol. The van der Waals surface area contributed by atoms with Crippen LogP contribution in [0.4, 0.5) is 0 Å². The van der Waals surface area contributed by atoms with Gasteiger partial charge in [0.25, 0.3) is 0 Å². The van der Waals surface area contributed by atoms with Crippen LogP contribution in [-0.4, -0.2) is 10.3 Å². The van der Waals surface area contributed by atoms with Gasteiger partial charge in [0.2, 0.25) is 0 Å². The van der Waals surface area contributed by atoms with E-state index in [1.807, 2.05) is 30.6 Å². The molecule has 0 saturated heterocycles. The molecule has 3 heteroatoms. The third-order valence-corrected chi connectivity index (χ3v) is 12.6. The SMILES string of the molecule is C/C=C\C(C)=C(/C)c1cc(-c2cccc(-c3cccc(-c4ccc5oc(/C=C\C(=P)c6cccc(C7=C=C=C(C)C(c8cnccc8C)=C7)c6)cc5c4)c3)c2)ccc1C(C)CC. The molecule has 0 amide bonds. The summed E-state index contributed by atoms with van der Waals surface area (Å²) in [6.45, 7) is 15.3. The van der Waals surface area contributed by atoms with Crippen molar-refractivity contribution in [1.29, 1.82) is 0 Å². The number of furan rings is 1. The first kappa shape index (κ1) is 41.9. The quantitative estimate of drug-likeness (QED) is 0.0697. The molecule has 1 aliphatic rings. The van der Waals surface area contributed by atoms with Gasteiger partial charge in [0.1, 0.15) is 11.3 Å². The molecule has 2 aromatic heterocycles. The van der Waals surface area contributed by atoms with Gasteiger partial charge in [-0.1, -0.05) is 110 Å². The monoisotopic (exact) mass is 821 g/mol. The van der Waals surface area contributed by atoms with Crippen molar-refractivity contribution in [2.75, 3.05) is 0 Å². The number of nitrogens with zero attached hydrogens (tertiary/aromatic N) is 1. The highest BCUT2D eigenvalue weighted by molar-refractivity contribution is 7.23. The van der Waals surface area contributed by atoms with E-state index in [1.54, 1.807) is 0 Å². The van der Waals surface area contributed by atoms with Crippen LogP contribution in [0.5, 0.6) is 0 Å². The molecule has 5 aromatic carbocycles. The van der Waals surface area contributed by atoms with Crippen LogP contribution in [0.3, 0.4) is 0 Å². The highest BCUT2D eigenvalue weighted by Gasteiger charge is 2.15. The van der Waals surface area contributed by atoms with E-state index in [9.17, 15) is 0 Å². The Bertz CT molecular complexity index is 3110. The van der Waals surface area contributed by atoms with E-state index < -0.39 is 0 Å². The lowest BCUT2D eigenvalue weighted by molar-refractivity contribution is 0.604. The van der Waals surface area contributed by atoms with Crippen LogP contribution in [0.25, 0.3) is 67.1 Å². The van der Waals surface area contributed by atoms with Crippen LogP contribution in [-0.2, 0) is 0 Å². The summed E-state index contributed by atoms with van der Waals surface area (Å²) in [6, 6.07) is 43.8. The van der Waals surface area contributed by atoms with Crippen molar-refractivity contribution >= 4 is 47.9 Å². The fourth-order valence-corrected chi connectivity index (χ4v) is 8.43. The highest BCUT2D eigenvalue weighted by atomic mass is 31.0. The number of aromatic nitrogens is 1. The molecule has 1 aliphatic carbocycles. The molecule has 0 saturated carbocycles. The normalized spacial score (nSPS) is 13.6. The van der Waals surface area contributed by atoms with Crippen LogP contribution in [0.15, 0.2) is 185 Å². The van der Waals surface area contributed by atoms with Crippen molar-refractivity contribution in [2.45, 2.75) is 60.8 Å². The van der Waals surface area contributed by atoms with E-state index in [1.165, 1.54) is 50.1 Å². The second-order valence-electron chi connectivity index (χ2n) is 16.3. The maximum Gasteiger partial charge on any atom is 0.134 e. The predicted octanol–water partition coefficient (Wildman–Crippen LogP) is 16.6. The number of allylic oxidation sites excluding steroid dienone is 9. The van der Waals surface area contributed by atoms with Gasteiger partial charge in [0, 0.05) is 39.8 Å². The minimum absolute atomic E-state index is 0.488. The van der Waals surface area contributed by atoms with Gasteiger partial charge in [0.05, 0.1) is 0 Å². The Morgan fingerprint density at radius 3 is 2.10 bits per heavy atom. The molecule has 304 valence electrons. The van der Waals surface area contributed by atoms with Gasteiger partial charge in [0.15, 0.2) is 0 Å². The Morgan fingerprint density at radius 1 is 0.742 bits per heavy atom. The molecule has 0 fully saturated rings. The van der Waals surface area contributed by atoms with E-state index in [2.05, 4.69) is 207 Å². The average Bonchev–Trinajstić information content (AvgIpc) is 3.73. The molecular weight excluding hydrogens is 770 g/mol. The minimum Gasteiger partial charge on any atom is -0.457 e. The first-order valence-electron chi connectivity index (χ1n) is 21.5. The van der Waals surface area contributed by atoms with Gasteiger partial charge in [-0.3, -0.25) is 4.98 Å². The Kier molecular flexibility index (Phi) is 12.5. The summed E-state index contributed by atoms with van der Waals surface area (Å²) >= 11 is 0. The first-order chi connectivity index (χ1) is 30.1. The van der Waals surface area contributed by atoms with Crippen molar-refractivity contribution in [3.05, 3.63) is 220 Å². The number of rotatable bonds is 12. The van der Waals surface area contributed by atoms with Gasteiger partial charge in [-0.05, 0) is 192 Å². The number of pyridine rings is 1. The zero-order chi connectivity index (χ0) is 43.3. The van der Waals surface area contributed by atoms with Crippen LogP contribution in [0, 0.1) is 6.92 Å². The summed E-state index contributed by atoms with van der Waals surface area (Å²) < 4.78 is 6.30. The second-order valence-corrected chi connectivity index (χ2v) is 16.9. The minimum atomic E-state index is 0.488. The molecule has 62 heavy (non-hydrogen) atoms. The van der Waals surface area contributed by atoms with E-state index in [4.69, 9.17) is 4.42 Å². The molecule has 0 N–H and O–H groups in total. The summed E-state index contributed by atoms with van der Waals surface area (Å²) in [5.41, 5.74) is 27.7. The number of fused-ring (bicyclic) bond motifs is 1. The fraction of sp³-hybridized carbons (Fsp3) is 0.153. The van der Waals surface area contributed by atoms with Gasteiger partial charge in [-0.2, -0.15) is 0 Å². The van der Waals surface area contributed by atoms with Crippen LogP contribution in [0.1, 0.15) is 93.0 Å². The molecular formula is C59H52NOP. The fourth-order valence-electron chi connectivity index (χ4n) is 8.19. The van der Waals surface area contributed by atoms with E-state index in [-0.39, 0.29) is 0 Å². The first-order valence-corrected chi connectivity index (χ1v) is 22.0. The van der Waals surface area contributed by atoms with Crippen LogP contribution in [0.2, 0.25) is 0 Å². The van der Waals surface area contributed by atoms with Crippen molar-refractivity contribution in [3.8, 4) is 33.4 Å². The third-order valence-electron chi connectivity index (χ3n) is 12.2. The molecule has 2 heterocycles. The van der Waals surface area contributed by atoms with Gasteiger partial charge >= 0.3 is 0 Å². The molecule has 8 rings (SSSR count). The lowest BCUT2D eigenvalue weighted by Crippen LogP contribution is -1.99. The number of aryl methyl sites for hydroxylation is 1. The van der Waals surface area contributed by atoms with Crippen molar-refractivity contribution in [3.63, 3.8) is 0 Å². The van der Waals surface area contributed by atoms with Crippen molar-refractivity contribution in [1.82, 2.24) is 4.98 Å². The zero-order valence-electron chi connectivity index (χ0n) is 36.7. The third kappa shape index (κ3) is 8.97. The summed E-state index contributed by atoms with van der Waals surface area (Å²) in [7, 11) is 3.90. The maximum atomic E-state index is 6.30. The number of benzene rings is 5. The Hall–Kier alpha value is -6.78. The standard InChI is InChI=1S/C59H52NOP/c1-8-13-39(4)42(7)56-36-50(22-25-54(56)38(3)9-2)46-17-11-15-44(31-46)43-14-10-16-45(30-43)48-23-26-58-52(33-48)34-53(61-58)24-27-59(62)51-19-12-18-47(32-51)49-21-20-40(5)55(35-49)57-37-60-29-28-41(57)6/h8,10-19,22-38,62H,9H2,1-7H3/b13-8-,27-24-,42-39+. The van der Waals surface area contributed by atoms with Crippen molar-refractivity contribution < 1.29 is 4.42 Å². The Labute approximate surface area is 369 Å². The second kappa shape index (κ2) is 18.5. The highest BCUT2D eigenvalue weighted by Crippen LogP contribution is 2.37. The molecule has 1 unspecified atom stereocenters. The lowest BCUT2D eigenvalue weighted by Gasteiger charge is -2.19. The van der Waals surface area contributed by atoms with E-state index >= 15 is 0 Å². The topological polar surface area (TPSA) is 26.0 Å². The number of hydrogen-bond acceptors (Lipinski definition) is 2. The van der Waals surface area contributed by atoms with Gasteiger partial charge < -0.3 is 4.42 Å². The molecule has 0 aliphatic heterocycles. The summed E-state index contributed by atoms with van der Waals surface area (Å²) in [5.74, 6) is 1.28. The Balaban J connectivity index is 1.01. The van der Waals surface area contributed by atoms with Gasteiger partial charge in [-0.25, -0.2) is 0 Å². The van der Waals surface area contributed by atoms with Gasteiger partial charge in [-0.15, -0.1) is 8.86 Å². The lowest BCUT2D eigenvalue weighted by atomic mass is 9.86. The molecule has 0 radical (unpaired) electrons. The van der Waals surface area contributed by atoms with E-state index in [0.717, 1.165) is 73.0 Å².